The molecule has 2 aromatic heterocycles. The highest BCUT2D eigenvalue weighted by Gasteiger charge is 2.16. The lowest BCUT2D eigenvalue weighted by Crippen LogP contribution is -2.30. The normalized spacial score (nSPS) is 10.9. The van der Waals surface area contributed by atoms with Crippen LogP contribution in [0.4, 0.5) is 5.69 Å². The zero-order chi connectivity index (χ0) is 16.6. The molecule has 8 heteroatoms. The van der Waals surface area contributed by atoms with Crippen LogP contribution in [-0.2, 0) is 11.3 Å². The zero-order valence-corrected chi connectivity index (χ0v) is 14.0. The van der Waals surface area contributed by atoms with Crippen LogP contribution in [0.3, 0.4) is 0 Å². The van der Waals surface area contributed by atoms with E-state index in [0.29, 0.717) is 22.5 Å². The van der Waals surface area contributed by atoms with Crippen LogP contribution in [0.15, 0.2) is 38.1 Å². The van der Waals surface area contributed by atoms with Crippen LogP contribution >= 0.6 is 15.9 Å². The molecule has 118 valence electrons. The molecule has 0 radical (unpaired) electrons. The summed E-state index contributed by atoms with van der Waals surface area (Å²) in [5.41, 5.74) is 0.968. The number of aryl methyl sites for hydroxylation is 2. The molecule has 0 saturated carbocycles. The molecule has 0 aliphatic heterocycles. The van der Waals surface area contributed by atoms with Crippen molar-refractivity contribution in [3.8, 4) is 0 Å². The first kappa shape index (κ1) is 15.4. The fourth-order valence-electron chi connectivity index (χ4n) is 2.32. The van der Waals surface area contributed by atoms with Gasteiger partial charge >= 0.3 is 0 Å². The van der Waals surface area contributed by atoms with Crippen LogP contribution in [0.2, 0.25) is 0 Å². The smallest absolute Gasteiger partial charge is 0.297 e. The molecule has 1 aromatic carbocycles. The highest BCUT2D eigenvalue weighted by atomic mass is 79.9. The Morgan fingerprint density at radius 3 is 2.70 bits per heavy atom. The summed E-state index contributed by atoms with van der Waals surface area (Å²) in [4.78, 5) is 24.4. The molecule has 3 rings (SSSR count). The summed E-state index contributed by atoms with van der Waals surface area (Å²) in [6.07, 6.45) is 0. The van der Waals surface area contributed by atoms with Gasteiger partial charge in [0.25, 0.3) is 5.56 Å². The van der Waals surface area contributed by atoms with E-state index in [1.807, 2.05) is 12.1 Å². The van der Waals surface area contributed by atoms with E-state index in [1.165, 1.54) is 0 Å². The van der Waals surface area contributed by atoms with Crippen molar-refractivity contribution in [3.05, 3.63) is 50.5 Å². The second-order valence-corrected chi connectivity index (χ2v) is 5.98. The molecule has 0 aliphatic rings. The highest BCUT2D eigenvalue weighted by Crippen LogP contribution is 2.17. The van der Waals surface area contributed by atoms with Gasteiger partial charge in [-0.25, -0.2) is 4.68 Å². The van der Waals surface area contributed by atoms with E-state index in [-0.39, 0.29) is 18.0 Å². The third-order valence-electron chi connectivity index (χ3n) is 3.35. The molecular weight excluding hydrogens is 364 g/mol. The summed E-state index contributed by atoms with van der Waals surface area (Å²) in [7, 11) is 0. The Morgan fingerprint density at radius 2 is 2.00 bits per heavy atom. The molecule has 0 spiro atoms. The van der Waals surface area contributed by atoms with Crippen LogP contribution in [-0.4, -0.2) is 20.8 Å². The molecule has 0 bridgehead atoms. The number of aromatic nitrogens is 3. The van der Waals surface area contributed by atoms with Gasteiger partial charge in [-0.3, -0.25) is 9.59 Å². The minimum atomic E-state index is -0.451. The molecule has 1 amide bonds. The number of carbonyl (C=O) groups excluding carboxylic acids is 1. The number of nitrogens with zero attached hydrogens (tertiary/aromatic N) is 3. The number of benzene rings is 1. The molecule has 7 nitrogen and oxygen atoms in total. The van der Waals surface area contributed by atoms with Crippen molar-refractivity contribution in [2.75, 3.05) is 5.32 Å². The van der Waals surface area contributed by atoms with Gasteiger partial charge in [0, 0.05) is 10.2 Å². The van der Waals surface area contributed by atoms with Gasteiger partial charge < -0.3 is 9.84 Å². The maximum Gasteiger partial charge on any atom is 0.297 e. The molecule has 1 N–H and O–H groups in total. The minimum absolute atomic E-state index is 0.187. The Balaban J connectivity index is 1.86. The average Bonchev–Trinajstić information content (AvgIpc) is 2.89. The van der Waals surface area contributed by atoms with E-state index in [4.69, 9.17) is 4.52 Å². The number of amides is 1. The number of nitrogens with one attached hydrogen (secondary N) is 1. The number of anilines is 1. The zero-order valence-electron chi connectivity index (χ0n) is 12.5. The van der Waals surface area contributed by atoms with Gasteiger partial charge in [0.2, 0.25) is 5.91 Å². The van der Waals surface area contributed by atoms with E-state index in [2.05, 4.69) is 31.5 Å². The van der Waals surface area contributed by atoms with Crippen LogP contribution in [0.5, 0.6) is 0 Å². The topological polar surface area (TPSA) is 90.0 Å². The first-order chi connectivity index (χ1) is 11.0. The summed E-state index contributed by atoms with van der Waals surface area (Å²) in [6, 6.07) is 7.14. The summed E-state index contributed by atoms with van der Waals surface area (Å²) in [6.45, 7) is 3.26. The second kappa shape index (κ2) is 5.96. The first-order valence-electron chi connectivity index (χ1n) is 6.85. The molecule has 0 atom stereocenters. The van der Waals surface area contributed by atoms with Crippen LogP contribution in [0.1, 0.15) is 11.5 Å². The van der Waals surface area contributed by atoms with E-state index in [1.54, 1.807) is 26.0 Å². The van der Waals surface area contributed by atoms with Crippen molar-refractivity contribution < 1.29 is 9.32 Å². The SMILES string of the molecule is Cc1nn(CC(=O)Nc2ccc(Br)cc2)c(=O)c2noc(C)c12. The van der Waals surface area contributed by atoms with Crippen molar-refractivity contribution in [2.45, 2.75) is 20.4 Å². The molecule has 2 heterocycles. The van der Waals surface area contributed by atoms with Crippen LogP contribution in [0.25, 0.3) is 10.9 Å². The Hall–Kier alpha value is -2.48. The Labute approximate surface area is 139 Å². The number of carbonyl (C=O) groups is 1. The van der Waals surface area contributed by atoms with E-state index >= 15 is 0 Å². The quantitative estimate of drug-likeness (QED) is 0.757. The summed E-state index contributed by atoms with van der Waals surface area (Å²) >= 11 is 3.32. The number of hydrogen-bond donors (Lipinski definition) is 1. The van der Waals surface area contributed by atoms with Gasteiger partial charge in [0.05, 0.1) is 11.1 Å². The predicted molar refractivity (Wildman–Crippen MR) is 88.3 cm³/mol. The minimum Gasteiger partial charge on any atom is -0.360 e. The Bertz CT molecular complexity index is 944. The summed E-state index contributed by atoms with van der Waals surface area (Å²) < 4.78 is 7.04. The fraction of sp³-hybridized carbons (Fsp3) is 0.200. The first-order valence-corrected chi connectivity index (χ1v) is 7.64. The Kier molecular flexibility index (Phi) is 3.99. The maximum atomic E-state index is 12.3. The van der Waals surface area contributed by atoms with Crippen LogP contribution in [0, 0.1) is 13.8 Å². The lowest BCUT2D eigenvalue weighted by molar-refractivity contribution is -0.117. The van der Waals surface area contributed by atoms with Gasteiger partial charge in [-0.05, 0) is 38.1 Å². The van der Waals surface area contributed by atoms with E-state index in [9.17, 15) is 9.59 Å². The molecule has 0 aliphatic carbocycles. The number of fused-ring (bicyclic) bond motifs is 1. The maximum absolute atomic E-state index is 12.3. The molecular formula is C15H13BrN4O3. The second-order valence-electron chi connectivity index (χ2n) is 5.07. The molecule has 23 heavy (non-hydrogen) atoms. The van der Waals surface area contributed by atoms with Gasteiger partial charge in [-0.15, -0.1) is 0 Å². The van der Waals surface area contributed by atoms with E-state index < -0.39 is 5.56 Å². The monoisotopic (exact) mass is 376 g/mol. The van der Waals surface area contributed by atoms with Gasteiger partial charge in [0.15, 0.2) is 5.52 Å². The highest BCUT2D eigenvalue weighted by molar-refractivity contribution is 9.10. The molecule has 0 saturated heterocycles. The van der Waals surface area contributed by atoms with Gasteiger partial charge in [-0.2, -0.15) is 5.10 Å². The lowest BCUT2D eigenvalue weighted by Gasteiger charge is -2.07. The molecule has 3 aromatic rings. The summed E-state index contributed by atoms with van der Waals surface area (Å²) in [5.74, 6) is 0.189. The van der Waals surface area contributed by atoms with Crippen molar-refractivity contribution in [1.29, 1.82) is 0 Å². The standard InChI is InChI=1S/C15H13BrN4O3/c1-8-13-9(2)23-19-14(13)15(22)20(18-8)7-12(21)17-11-5-3-10(16)4-6-11/h3-6H,7H2,1-2H3,(H,17,21). The van der Waals surface area contributed by atoms with Crippen molar-refractivity contribution in [2.24, 2.45) is 0 Å². The van der Waals surface area contributed by atoms with Crippen molar-refractivity contribution in [3.63, 3.8) is 0 Å². The number of halogens is 1. The lowest BCUT2D eigenvalue weighted by atomic mass is 10.2. The third-order valence-corrected chi connectivity index (χ3v) is 3.88. The van der Waals surface area contributed by atoms with Crippen LogP contribution < -0.4 is 10.9 Å². The van der Waals surface area contributed by atoms with Crippen molar-refractivity contribution in [1.82, 2.24) is 14.9 Å². The Morgan fingerprint density at radius 1 is 1.30 bits per heavy atom. The number of rotatable bonds is 3. The molecule has 0 fully saturated rings. The van der Waals surface area contributed by atoms with E-state index in [0.717, 1.165) is 9.15 Å². The average molecular weight is 377 g/mol. The predicted octanol–water partition coefficient (Wildman–Crippen LogP) is 2.40. The van der Waals surface area contributed by atoms with Gasteiger partial charge in [0.1, 0.15) is 12.3 Å². The third kappa shape index (κ3) is 3.02. The fourth-order valence-corrected chi connectivity index (χ4v) is 2.58. The molecule has 0 unspecified atom stereocenters. The number of hydrogen-bond acceptors (Lipinski definition) is 5. The van der Waals surface area contributed by atoms with Crippen molar-refractivity contribution >= 4 is 38.4 Å². The van der Waals surface area contributed by atoms with Gasteiger partial charge in [-0.1, -0.05) is 21.1 Å². The largest absolute Gasteiger partial charge is 0.360 e. The summed E-state index contributed by atoms with van der Waals surface area (Å²) in [5, 5.41) is 11.2.